The first kappa shape index (κ1) is 23.3. The lowest BCUT2D eigenvalue weighted by molar-refractivity contribution is -0.122. The Labute approximate surface area is 201 Å². The number of methoxy groups -OCH3 is 1. The third-order valence-electron chi connectivity index (χ3n) is 5.22. The molecule has 0 bridgehead atoms. The molecule has 0 unspecified atom stereocenters. The highest BCUT2D eigenvalue weighted by Gasteiger charge is 2.25. The van der Waals surface area contributed by atoms with Crippen LogP contribution in [-0.2, 0) is 29.4 Å². The first-order chi connectivity index (χ1) is 16.1. The van der Waals surface area contributed by atoms with E-state index in [0.717, 1.165) is 44.7 Å². The molecule has 1 aliphatic heterocycles. The minimum absolute atomic E-state index is 0.0365. The molecule has 2 aromatic carbocycles. The Morgan fingerprint density at radius 2 is 1.94 bits per heavy atom. The fourth-order valence-corrected chi connectivity index (χ4v) is 5.40. The molecule has 0 atom stereocenters. The molecule has 7 nitrogen and oxygen atoms in total. The molecule has 9 heteroatoms. The van der Waals surface area contributed by atoms with Crippen molar-refractivity contribution in [3.63, 3.8) is 0 Å². The molecule has 2 heterocycles. The largest absolute Gasteiger partial charge is 0.497 e. The monoisotopic (exact) mass is 482 g/mol. The molecular weight excluding hydrogens is 456 g/mol. The number of carbonyl (C=O) groups excluding carboxylic acids is 2. The van der Waals surface area contributed by atoms with Gasteiger partial charge < -0.3 is 15.4 Å². The predicted octanol–water partition coefficient (Wildman–Crippen LogP) is 4.32. The van der Waals surface area contributed by atoms with Crippen LogP contribution in [0.3, 0.4) is 0 Å². The average molecular weight is 483 g/mol. The zero-order valence-corrected chi connectivity index (χ0v) is 20.2. The van der Waals surface area contributed by atoms with E-state index in [-0.39, 0.29) is 18.4 Å². The SMILES string of the molecule is CCSc1ccccc1C(=O)Nc1c2c(nn1CC(=O)NCc1ccc(OC)cc1)CSC2. The van der Waals surface area contributed by atoms with Gasteiger partial charge in [0.25, 0.3) is 5.91 Å². The first-order valence-electron chi connectivity index (χ1n) is 10.7. The first-order valence-corrected chi connectivity index (χ1v) is 12.8. The summed E-state index contributed by atoms with van der Waals surface area (Å²) in [6.45, 7) is 2.50. The standard InChI is InChI=1S/C24H26N4O3S2/c1-3-33-21-7-5-4-6-18(21)24(30)26-23-19-14-32-15-20(19)27-28(23)13-22(29)25-12-16-8-10-17(31-2)11-9-16/h4-11H,3,12-15H2,1-2H3,(H,25,29)(H,26,30). The van der Waals surface area contributed by atoms with Crippen molar-refractivity contribution in [3.8, 4) is 5.75 Å². The molecule has 1 aromatic heterocycles. The normalized spacial score (nSPS) is 12.3. The number of nitrogens with one attached hydrogen (secondary N) is 2. The van der Waals surface area contributed by atoms with E-state index in [4.69, 9.17) is 4.74 Å². The number of fused-ring (bicyclic) bond motifs is 1. The van der Waals surface area contributed by atoms with E-state index in [9.17, 15) is 9.59 Å². The highest BCUT2D eigenvalue weighted by Crippen LogP contribution is 2.35. The topological polar surface area (TPSA) is 85.2 Å². The number of hydrogen-bond acceptors (Lipinski definition) is 6. The Morgan fingerprint density at radius 1 is 1.15 bits per heavy atom. The molecule has 0 fully saturated rings. The molecule has 2 N–H and O–H groups in total. The highest BCUT2D eigenvalue weighted by molar-refractivity contribution is 7.99. The molecule has 0 saturated heterocycles. The average Bonchev–Trinajstić information content (AvgIpc) is 3.41. The van der Waals surface area contributed by atoms with E-state index in [1.807, 2.05) is 48.5 Å². The lowest BCUT2D eigenvalue weighted by Gasteiger charge is -2.13. The second kappa shape index (κ2) is 10.8. The summed E-state index contributed by atoms with van der Waals surface area (Å²) in [5.41, 5.74) is 3.52. The summed E-state index contributed by atoms with van der Waals surface area (Å²) < 4.78 is 6.78. The number of carbonyl (C=O) groups is 2. The molecule has 0 radical (unpaired) electrons. The van der Waals surface area contributed by atoms with Crippen molar-refractivity contribution in [2.75, 3.05) is 18.2 Å². The summed E-state index contributed by atoms with van der Waals surface area (Å²) >= 11 is 3.38. The summed E-state index contributed by atoms with van der Waals surface area (Å²) in [4.78, 5) is 26.7. The highest BCUT2D eigenvalue weighted by atomic mass is 32.2. The number of ether oxygens (including phenoxy) is 1. The van der Waals surface area contributed by atoms with Gasteiger partial charge in [-0.3, -0.25) is 9.59 Å². The fourth-order valence-electron chi connectivity index (χ4n) is 3.57. The van der Waals surface area contributed by atoms with Crippen LogP contribution >= 0.6 is 23.5 Å². The van der Waals surface area contributed by atoms with Gasteiger partial charge in [0, 0.05) is 28.5 Å². The molecule has 1 aliphatic rings. The van der Waals surface area contributed by atoms with E-state index in [0.29, 0.717) is 17.9 Å². The molecule has 0 aliphatic carbocycles. The van der Waals surface area contributed by atoms with E-state index in [1.165, 1.54) is 0 Å². The second-order valence-electron chi connectivity index (χ2n) is 7.43. The van der Waals surface area contributed by atoms with Gasteiger partial charge in [0.15, 0.2) is 0 Å². The zero-order chi connectivity index (χ0) is 23.2. The Hall–Kier alpha value is -2.91. The van der Waals surface area contributed by atoms with Crippen molar-refractivity contribution >= 4 is 41.2 Å². The van der Waals surface area contributed by atoms with Crippen molar-refractivity contribution in [2.45, 2.75) is 36.4 Å². The van der Waals surface area contributed by atoms with Crippen LogP contribution in [0.25, 0.3) is 0 Å². The van der Waals surface area contributed by atoms with E-state index in [2.05, 4.69) is 22.7 Å². The van der Waals surface area contributed by atoms with Gasteiger partial charge in [0.2, 0.25) is 5.91 Å². The van der Waals surface area contributed by atoms with Gasteiger partial charge >= 0.3 is 0 Å². The van der Waals surface area contributed by atoms with Gasteiger partial charge in [-0.1, -0.05) is 31.2 Å². The summed E-state index contributed by atoms with van der Waals surface area (Å²) in [5.74, 6) is 3.44. The van der Waals surface area contributed by atoms with Crippen molar-refractivity contribution in [1.82, 2.24) is 15.1 Å². The van der Waals surface area contributed by atoms with Gasteiger partial charge in [0.1, 0.15) is 18.1 Å². The molecule has 172 valence electrons. The second-order valence-corrected chi connectivity index (χ2v) is 9.72. The van der Waals surface area contributed by atoms with Gasteiger partial charge in [0.05, 0.1) is 18.4 Å². The maximum absolute atomic E-state index is 13.1. The minimum Gasteiger partial charge on any atom is -0.497 e. The molecule has 0 spiro atoms. The van der Waals surface area contributed by atoms with Crippen molar-refractivity contribution in [3.05, 3.63) is 70.9 Å². The number of rotatable bonds is 9. The van der Waals surface area contributed by atoms with Crippen LogP contribution in [0.4, 0.5) is 5.82 Å². The van der Waals surface area contributed by atoms with Crippen LogP contribution in [-0.4, -0.2) is 34.5 Å². The smallest absolute Gasteiger partial charge is 0.257 e. The van der Waals surface area contributed by atoms with Crippen LogP contribution in [0, 0.1) is 0 Å². The van der Waals surface area contributed by atoms with Crippen LogP contribution in [0.5, 0.6) is 5.75 Å². The molecule has 4 rings (SSSR count). The van der Waals surface area contributed by atoms with E-state index >= 15 is 0 Å². The van der Waals surface area contributed by atoms with Crippen molar-refractivity contribution < 1.29 is 14.3 Å². The quantitative estimate of drug-likeness (QED) is 0.442. The van der Waals surface area contributed by atoms with Crippen LogP contribution < -0.4 is 15.4 Å². The van der Waals surface area contributed by atoms with Crippen LogP contribution in [0.15, 0.2) is 53.4 Å². The predicted molar refractivity (Wildman–Crippen MR) is 133 cm³/mol. The molecular formula is C24H26N4O3S2. The third-order valence-corrected chi connectivity index (χ3v) is 7.15. The van der Waals surface area contributed by atoms with Gasteiger partial charge in [-0.25, -0.2) is 4.68 Å². The summed E-state index contributed by atoms with van der Waals surface area (Å²) in [7, 11) is 1.62. The maximum Gasteiger partial charge on any atom is 0.257 e. The van der Waals surface area contributed by atoms with Crippen molar-refractivity contribution in [1.29, 1.82) is 0 Å². The van der Waals surface area contributed by atoms with Crippen LogP contribution in [0.1, 0.15) is 34.1 Å². The van der Waals surface area contributed by atoms with Gasteiger partial charge in [-0.05, 0) is 35.6 Å². The lowest BCUT2D eigenvalue weighted by Crippen LogP contribution is -2.29. The zero-order valence-electron chi connectivity index (χ0n) is 18.6. The Morgan fingerprint density at radius 3 is 2.70 bits per heavy atom. The number of benzene rings is 2. The van der Waals surface area contributed by atoms with Crippen LogP contribution in [0.2, 0.25) is 0 Å². The number of aromatic nitrogens is 2. The number of hydrogen-bond donors (Lipinski definition) is 2. The maximum atomic E-state index is 13.1. The van der Waals surface area contributed by atoms with Gasteiger partial charge in [-0.2, -0.15) is 16.9 Å². The van der Waals surface area contributed by atoms with Crippen molar-refractivity contribution in [2.24, 2.45) is 0 Å². The third kappa shape index (κ3) is 5.54. The number of nitrogens with zero attached hydrogens (tertiary/aromatic N) is 2. The fraction of sp³-hybridized carbons (Fsp3) is 0.292. The Bertz CT molecular complexity index is 1150. The summed E-state index contributed by atoms with van der Waals surface area (Å²) in [6, 6.07) is 15.1. The van der Waals surface area contributed by atoms with E-state index < -0.39 is 0 Å². The Balaban J connectivity index is 1.47. The minimum atomic E-state index is -0.189. The summed E-state index contributed by atoms with van der Waals surface area (Å²) in [6.07, 6.45) is 0. The van der Waals surface area contributed by atoms with Gasteiger partial charge in [-0.15, -0.1) is 11.8 Å². The number of amides is 2. The molecule has 2 amide bonds. The molecule has 0 saturated carbocycles. The number of thioether (sulfide) groups is 2. The molecule has 33 heavy (non-hydrogen) atoms. The molecule has 3 aromatic rings. The summed E-state index contributed by atoms with van der Waals surface area (Å²) in [5, 5.41) is 10.6. The lowest BCUT2D eigenvalue weighted by atomic mass is 10.2. The Kier molecular flexibility index (Phi) is 7.61. The number of anilines is 1. The van der Waals surface area contributed by atoms with E-state index in [1.54, 1.807) is 35.3 Å².